The summed E-state index contributed by atoms with van der Waals surface area (Å²) in [6, 6.07) is 16.1. The lowest BCUT2D eigenvalue weighted by atomic mass is 10.1. The monoisotopic (exact) mass is 527 g/mol. The van der Waals surface area contributed by atoms with E-state index < -0.39 is 22.1 Å². The third-order valence-corrected chi connectivity index (χ3v) is 7.27. The van der Waals surface area contributed by atoms with Crippen LogP contribution in [0, 0.1) is 0 Å². The molecule has 0 bridgehead atoms. The molecule has 0 atom stereocenters. The Morgan fingerprint density at radius 2 is 1.81 bits per heavy atom. The third-order valence-electron chi connectivity index (χ3n) is 5.62. The van der Waals surface area contributed by atoms with Crippen molar-refractivity contribution in [2.75, 3.05) is 0 Å². The van der Waals surface area contributed by atoms with Gasteiger partial charge in [0.15, 0.2) is 5.82 Å². The lowest BCUT2D eigenvalue weighted by molar-refractivity contribution is -0.159. The maximum atomic E-state index is 13.0. The minimum atomic E-state index is -4.74. The van der Waals surface area contributed by atoms with Crippen molar-refractivity contribution in [1.82, 2.24) is 24.4 Å². The highest BCUT2D eigenvalue weighted by Crippen LogP contribution is 2.27. The molecule has 0 aliphatic heterocycles. The molecule has 0 saturated carbocycles. The fraction of sp³-hybridized carbons (Fsp3) is 0.120. The Hall–Kier alpha value is -4.16. The van der Waals surface area contributed by atoms with Gasteiger partial charge in [-0.1, -0.05) is 35.5 Å². The molecule has 5 aromatic rings. The van der Waals surface area contributed by atoms with Crippen LogP contribution in [0.3, 0.4) is 0 Å². The van der Waals surface area contributed by atoms with Crippen molar-refractivity contribution in [3.8, 4) is 0 Å². The van der Waals surface area contributed by atoms with Gasteiger partial charge in [-0.2, -0.15) is 18.2 Å². The molecule has 3 aromatic heterocycles. The van der Waals surface area contributed by atoms with Crippen LogP contribution in [0.25, 0.3) is 23.1 Å². The fourth-order valence-electron chi connectivity index (χ4n) is 3.75. The van der Waals surface area contributed by atoms with Crippen molar-refractivity contribution in [3.63, 3.8) is 0 Å². The molecule has 5 rings (SSSR count). The van der Waals surface area contributed by atoms with Crippen molar-refractivity contribution < 1.29 is 26.1 Å². The topological polar surface area (TPSA) is 106 Å². The Morgan fingerprint density at radius 1 is 1.03 bits per heavy atom. The van der Waals surface area contributed by atoms with E-state index in [1.54, 1.807) is 12.1 Å². The molecule has 3 heterocycles. The van der Waals surface area contributed by atoms with Gasteiger partial charge in [-0.3, -0.25) is 0 Å². The molecule has 37 heavy (non-hydrogen) atoms. The average Bonchev–Trinajstić information content (AvgIpc) is 3.63. The first-order valence-electron chi connectivity index (χ1n) is 11.1. The van der Waals surface area contributed by atoms with Crippen LogP contribution in [-0.2, 0) is 29.3 Å². The molecule has 0 amide bonds. The van der Waals surface area contributed by atoms with Crippen LogP contribution in [0.15, 0.2) is 82.6 Å². The van der Waals surface area contributed by atoms with E-state index in [4.69, 9.17) is 0 Å². The third kappa shape index (κ3) is 5.34. The van der Waals surface area contributed by atoms with Crippen molar-refractivity contribution in [3.05, 3.63) is 102 Å². The van der Waals surface area contributed by atoms with Crippen LogP contribution in [0.1, 0.15) is 28.4 Å². The van der Waals surface area contributed by atoms with E-state index in [1.807, 2.05) is 24.4 Å². The van der Waals surface area contributed by atoms with Gasteiger partial charge >= 0.3 is 12.1 Å². The molecule has 0 spiro atoms. The van der Waals surface area contributed by atoms with E-state index in [-0.39, 0.29) is 10.7 Å². The highest BCUT2D eigenvalue weighted by molar-refractivity contribution is 7.90. The van der Waals surface area contributed by atoms with E-state index in [0.717, 1.165) is 26.0 Å². The predicted molar refractivity (Wildman–Crippen MR) is 131 cm³/mol. The summed E-state index contributed by atoms with van der Waals surface area (Å²) in [6.45, 7) is 1.22. The molecule has 0 saturated heterocycles. The molecular formula is C25H20F3N5O3S. The fourth-order valence-corrected chi connectivity index (χ4v) is 4.95. The standard InChI is InChI=1S/C25H20F3N5O3S/c26-25(27,28)24-31-23(32-36-24)10-7-18-11-12-33(16-18)37(34,35)20-8-5-17(6-9-20)13-29-14-19-15-30-22-4-2-1-3-21(19)22/h1-12,15-16,29-30H,13-14H2. The number of fused-ring (bicyclic) bond motifs is 1. The Kier molecular flexibility index (Phi) is 6.44. The number of aromatic amines is 1. The SMILES string of the molecule is O=S(=O)(c1ccc(CNCc2c[nH]c3ccccc23)cc1)n1ccc(C=Cc2noc(C(F)(F)F)n2)c1. The van der Waals surface area contributed by atoms with Crippen LogP contribution in [-0.4, -0.2) is 27.5 Å². The number of alkyl halides is 3. The summed E-state index contributed by atoms with van der Waals surface area (Å²) in [4.78, 5) is 6.58. The van der Waals surface area contributed by atoms with Gasteiger partial charge in [-0.15, -0.1) is 0 Å². The summed E-state index contributed by atoms with van der Waals surface area (Å²) >= 11 is 0. The maximum Gasteiger partial charge on any atom is 0.471 e. The Balaban J connectivity index is 1.21. The molecular weight excluding hydrogens is 507 g/mol. The number of para-hydroxylation sites is 1. The first-order valence-corrected chi connectivity index (χ1v) is 12.5. The predicted octanol–water partition coefficient (Wildman–Crippen LogP) is 5.07. The summed E-state index contributed by atoms with van der Waals surface area (Å²) in [5.41, 5.74) is 3.57. The zero-order chi connectivity index (χ0) is 26.0. The van der Waals surface area contributed by atoms with Gasteiger partial charge in [0.25, 0.3) is 10.0 Å². The Morgan fingerprint density at radius 3 is 2.57 bits per heavy atom. The number of hydrogen-bond donors (Lipinski definition) is 2. The number of halogens is 3. The lowest BCUT2D eigenvalue weighted by Gasteiger charge is -2.08. The van der Waals surface area contributed by atoms with Crippen molar-refractivity contribution in [1.29, 1.82) is 0 Å². The van der Waals surface area contributed by atoms with Crippen molar-refractivity contribution >= 4 is 33.1 Å². The van der Waals surface area contributed by atoms with E-state index in [0.29, 0.717) is 18.7 Å². The smallest absolute Gasteiger partial charge is 0.361 e. The van der Waals surface area contributed by atoms with Gasteiger partial charge in [0.1, 0.15) is 0 Å². The second kappa shape index (κ2) is 9.71. The van der Waals surface area contributed by atoms with Gasteiger partial charge in [-0.05, 0) is 53.1 Å². The molecule has 0 aliphatic rings. The maximum absolute atomic E-state index is 13.0. The highest BCUT2D eigenvalue weighted by atomic mass is 32.2. The molecule has 2 N–H and O–H groups in total. The van der Waals surface area contributed by atoms with E-state index in [9.17, 15) is 21.6 Å². The molecule has 8 nitrogen and oxygen atoms in total. The van der Waals surface area contributed by atoms with Gasteiger partial charge < -0.3 is 14.8 Å². The summed E-state index contributed by atoms with van der Waals surface area (Å²) < 4.78 is 68.9. The molecule has 0 radical (unpaired) electrons. The van der Waals surface area contributed by atoms with E-state index >= 15 is 0 Å². The van der Waals surface area contributed by atoms with Crippen molar-refractivity contribution in [2.24, 2.45) is 0 Å². The minimum Gasteiger partial charge on any atom is -0.361 e. The first kappa shape index (κ1) is 24.5. The number of hydrogen-bond acceptors (Lipinski definition) is 6. The number of aromatic nitrogens is 4. The van der Waals surface area contributed by atoms with E-state index in [1.165, 1.54) is 42.7 Å². The number of benzene rings is 2. The number of nitrogens with zero attached hydrogens (tertiary/aromatic N) is 3. The Bertz CT molecular complexity index is 1670. The molecule has 190 valence electrons. The quantitative estimate of drug-likeness (QED) is 0.292. The molecule has 12 heteroatoms. The molecule has 0 aliphatic carbocycles. The Labute approximate surface area is 209 Å². The lowest BCUT2D eigenvalue weighted by Crippen LogP contribution is -2.13. The number of rotatable bonds is 8. The number of nitrogens with one attached hydrogen (secondary N) is 2. The van der Waals surface area contributed by atoms with Crippen LogP contribution in [0.4, 0.5) is 13.2 Å². The summed E-state index contributed by atoms with van der Waals surface area (Å²) in [5, 5.41) is 7.75. The highest BCUT2D eigenvalue weighted by Gasteiger charge is 2.38. The number of H-pyrrole nitrogens is 1. The molecule has 0 unspecified atom stereocenters. The minimum absolute atomic E-state index is 0.104. The second-order valence-corrected chi connectivity index (χ2v) is 10.0. The van der Waals surface area contributed by atoms with Crippen LogP contribution in [0.2, 0.25) is 0 Å². The summed E-state index contributed by atoms with van der Waals surface area (Å²) in [6.07, 6.45) is 2.51. The first-order chi connectivity index (χ1) is 17.7. The van der Waals surface area contributed by atoms with Gasteiger partial charge in [0, 0.05) is 42.6 Å². The second-order valence-electron chi connectivity index (χ2n) is 8.18. The van der Waals surface area contributed by atoms with Crippen molar-refractivity contribution in [2.45, 2.75) is 24.2 Å². The molecule has 0 fully saturated rings. The largest absolute Gasteiger partial charge is 0.471 e. The van der Waals surface area contributed by atoms with E-state index in [2.05, 4.69) is 31.0 Å². The van der Waals surface area contributed by atoms with Gasteiger partial charge in [0.2, 0.25) is 0 Å². The summed E-state index contributed by atoms with van der Waals surface area (Å²) in [7, 11) is -3.85. The van der Waals surface area contributed by atoms with Crippen LogP contribution in [0.5, 0.6) is 0 Å². The average molecular weight is 528 g/mol. The normalized spacial score (nSPS) is 12.6. The van der Waals surface area contributed by atoms with Crippen LogP contribution >= 0.6 is 0 Å². The zero-order valence-electron chi connectivity index (χ0n) is 19.1. The van der Waals surface area contributed by atoms with Crippen LogP contribution < -0.4 is 5.32 Å². The van der Waals surface area contributed by atoms with Gasteiger partial charge in [0.05, 0.1) is 4.90 Å². The van der Waals surface area contributed by atoms with Gasteiger partial charge in [-0.25, -0.2) is 12.4 Å². The summed E-state index contributed by atoms with van der Waals surface area (Å²) in [5.74, 6) is -1.74. The zero-order valence-corrected chi connectivity index (χ0v) is 19.9. The molecule has 2 aromatic carbocycles.